The van der Waals surface area contributed by atoms with Crippen molar-refractivity contribution in [3.05, 3.63) is 35.9 Å². The lowest BCUT2D eigenvalue weighted by Gasteiger charge is -2.33. The summed E-state index contributed by atoms with van der Waals surface area (Å²) in [5.74, 6) is 1.10. The highest BCUT2D eigenvalue weighted by molar-refractivity contribution is 8.23. The number of hydrogen-bond acceptors (Lipinski definition) is 2. The fourth-order valence-corrected chi connectivity index (χ4v) is 5.52. The van der Waals surface area contributed by atoms with E-state index in [-0.39, 0.29) is 11.2 Å². The Morgan fingerprint density at radius 3 is 2.41 bits per heavy atom. The molecule has 1 nitrogen and oxygen atoms in total. The minimum Gasteiger partial charge on any atom is -0.357 e. The van der Waals surface area contributed by atoms with E-state index >= 15 is 0 Å². The first kappa shape index (κ1) is 16.9. The SMILES string of the molecule is CC1CCN(C(=S)SC(c2ccccc2)C2CC2(Cl)Cl)CC1. The van der Waals surface area contributed by atoms with Gasteiger partial charge in [-0.2, -0.15) is 0 Å². The van der Waals surface area contributed by atoms with Gasteiger partial charge in [0.25, 0.3) is 0 Å². The molecular weight excluding hydrogens is 353 g/mol. The number of nitrogens with zero attached hydrogens (tertiary/aromatic N) is 1. The highest BCUT2D eigenvalue weighted by atomic mass is 35.5. The molecule has 1 saturated carbocycles. The molecule has 0 N–H and O–H groups in total. The van der Waals surface area contributed by atoms with Crippen LogP contribution in [0.25, 0.3) is 0 Å². The largest absolute Gasteiger partial charge is 0.357 e. The average molecular weight is 374 g/mol. The number of benzene rings is 1. The van der Waals surface area contributed by atoms with Crippen LogP contribution in [0.5, 0.6) is 0 Å². The summed E-state index contributed by atoms with van der Waals surface area (Å²) in [6, 6.07) is 10.5. The fraction of sp³-hybridized carbons (Fsp3) is 0.588. The molecule has 1 aromatic carbocycles. The van der Waals surface area contributed by atoms with Crippen LogP contribution < -0.4 is 0 Å². The number of rotatable bonds is 3. The molecule has 0 amide bonds. The maximum absolute atomic E-state index is 6.34. The monoisotopic (exact) mass is 373 g/mol. The van der Waals surface area contributed by atoms with Gasteiger partial charge >= 0.3 is 0 Å². The Morgan fingerprint density at radius 1 is 1.27 bits per heavy atom. The number of thiocarbonyl (C=S) groups is 1. The van der Waals surface area contributed by atoms with Gasteiger partial charge in [-0.05, 0) is 30.7 Å². The number of thioether (sulfide) groups is 1. The Balaban J connectivity index is 1.69. The van der Waals surface area contributed by atoms with Crippen molar-refractivity contribution in [1.82, 2.24) is 4.90 Å². The predicted octanol–water partition coefficient (Wildman–Crippen LogP) is 5.67. The van der Waals surface area contributed by atoms with Gasteiger partial charge < -0.3 is 4.90 Å². The number of alkyl halides is 2. The van der Waals surface area contributed by atoms with E-state index in [0.29, 0.717) is 0 Å². The van der Waals surface area contributed by atoms with Crippen LogP contribution in [0.4, 0.5) is 0 Å². The van der Waals surface area contributed by atoms with Crippen LogP contribution >= 0.6 is 47.2 Å². The van der Waals surface area contributed by atoms with Crippen LogP contribution in [0, 0.1) is 11.8 Å². The molecule has 1 saturated heterocycles. The summed E-state index contributed by atoms with van der Waals surface area (Å²) in [6.07, 6.45) is 3.31. The fourth-order valence-electron chi connectivity index (χ4n) is 2.96. The van der Waals surface area contributed by atoms with Crippen LogP contribution in [0.2, 0.25) is 0 Å². The van der Waals surface area contributed by atoms with Gasteiger partial charge in [0.2, 0.25) is 0 Å². The van der Waals surface area contributed by atoms with Gasteiger partial charge in [-0.25, -0.2) is 0 Å². The molecular formula is C17H21Cl2NS2. The molecule has 2 atom stereocenters. The maximum atomic E-state index is 6.34. The lowest BCUT2D eigenvalue weighted by atomic mass is 10.00. The quantitative estimate of drug-likeness (QED) is 0.496. The minimum absolute atomic E-state index is 0.253. The van der Waals surface area contributed by atoms with Gasteiger partial charge in [-0.3, -0.25) is 0 Å². The van der Waals surface area contributed by atoms with Crippen LogP contribution in [-0.4, -0.2) is 26.6 Å². The zero-order valence-corrected chi connectivity index (χ0v) is 15.8. The summed E-state index contributed by atoms with van der Waals surface area (Å²) >= 11 is 20.2. The number of halogens is 2. The Labute approximate surface area is 152 Å². The van der Waals surface area contributed by atoms with E-state index in [9.17, 15) is 0 Å². The third-order valence-corrected chi connectivity index (χ3v) is 7.37. The standard InChI is InChI=1S/C17H21Cl2NS2/c1-12-7-9-20(10-8-12)16(21)22-15(14-11-17(14,18)19)13-5-3-2-4-6-13/h2-6,12,14-15H,7-11H2,1H3. The minimum atomic E-state index is -0.584. The Morgan fingerprint density at radius 2 is 1.86 bits per heavy atom. The molecule has 2 unspecified atom stereocenters. The molecule has 120 valence electrons. The zero-order valence-electron chi connectivity index (χ0n) is 12.7. The van der Waals surface area contributed by atoms with Gasteiger partial charge in [0, 0.05) is 24.3 Å². The number of likely N-dealkylation sites (tertiary alicyclic amines) is 1. The molecule has 2 fully saturated rings. The molecule has 1 aliphatic carbocycles. The van der Waals surface area contributed by atoms with E-state index in [2.05, 4.69) is 36.1 Å². The van der Waals surface area contributed by atoms with E-state index in [1.807, 2.05) is 6.07 Å². The van der Waals surface area contributed by atoms with Gasteiger partial charge in [0.05, 0.1) is 0 Å². The molecule has 0 spiro atoms. The van der Waals surface area contributed by atoms with Gasteiger partial charge in [0.1, 0.15) is 8.65 Å². The van der Waals surface area contributed by atoms with Crippen molar-refractivity contribution in [3.63, 3.8) is 0 Å². The van der Waals surface area contributed by atoms with E-state index in [1.165, 1.54) is 18.4 Å². The molecule has 0 bridgehead atoms. The Kier molecular flexibility index (Phi) is 5.28. The van der Waals surface area contributed by atoms with E-state index in [0.717, 1.165) is 29.7 Å². The molecule has 5 heteroatoms. The molecule has 0 aromatic heterocycles. The summed E-state index contributed by atoms with van der Waals surface area (Å²) in [4.78, 5) is 2.35. The lowest BCUT2D eigenvalue weighted by Crippen LogP contribution is -2.35. The van der Waals surface area contributed by atoms with Crippen molar-refractivity contribution < 1.29 is 0 Å². The predicted molar refractivity (Wildman–Crippen MR) is 102 cm³/mol. The molecule has 1 aromatic rings. The Hall–Kier alpha value is 0.0400. The summed E-state index contributed by atoms with van der Waals surface area (Å²) in [6.45, 7) is 4.47. The van der Waals surface area contributed by atoms with Crippen molar-refractivity contribution in [2.24, 2.45) is 11.8 Å². The second kappa shape index (κ2) is 6.88. The molecule has 22 heavy (non-hydrogen) atoms. The van der Waals surface area contributed by atoms with Gasteiger partial charge in [0.15, 0.2) is 0 Å². The molecule has 1 aliphatic heterocycles. The third kappa shape index (κ3) is 3.92. The van der Waals surface area contributed by atoms with E-state index in [1.54, 1.807) is 11.8 Å². The number of hydrogen-bond donors (Lipinski definition) is 0. The van der Waals surface area contributed by atoms with E-state index in [4.69, 9.17) is 35.4 Å². The zero-order chi connectivity index (χ0) is 15.7. The third-order valence-electron chi connectivity index (χ3n) is 4.64. The highest BCUT2D eigenvalue weighted by Gasteiger charge is 2.56. The van der Waals surface area contributed by atoms with E-state index < -0.39 is 4.33 Å². The van der Waals surface area contributed by atoms with Crippen LogP contribution in [0.3, 0.4) is 0 Å². The summed E-state index contributed by atoms with van der Waals surface area (Å²) in [5.41, 5.74) is 1.27. The van der Waals surface area contributed by atoms with Crippen molar-refractivity contribution in [2.45, 2.75) is 35.8 Å². The molecule has 3 rings (SSSR count). The Bertz CT molecular complexity index is 527. The summed E-state index contributed by atoms with van der Waals surface area (Å²) < 4.78 is 0.413. The van der Waals surface area contributed by atoms with Crippen molar-refractivity contribution >= 4 is 51.5 Å². The van der Waals surface area contributed by atoms with Crippen LogP contribution in [0.1, 0.15) is 37.0 Å². The average Bonchev–Trinajstić information content (AvgIpc) is 3.14. The first-order valence-electron chi connectivity index (χ1n) is 7.85. The molecule has 1 heterocycles. The second-order valence-corrected chi connectivity index (χ2v) is 9.77. The molecule has 2 aliphatic rings. The van der Waals surface area contributed by atoms with Crippen molar-refractivity contribution in [3.8, 4) is 0 Å². The molecule has 0 radical (unpaired) electrons. The lowest BCUT2D eigenvalue weighted by molar-refractivity contribution is 0.287. The highest BCUT2D eigenvalue weighted by Crippen LogP contribution is 2.62. The number of piperidine rings is 1. The maximum Gasteiger partial charge on any atom is 0.136 e. The van der Waals surface area contributed by atoms with Crippen LogP contribution in [-0.2, 0) is 0 Å². The first-order valence-corrected chi connectivity index (χ1v) is 9.90. The second-order valence-electron chi connectivity index (χ2n) is 6.46. The van der Waals surface area contributed by atoms with Crippen LogP contribution in [0.15, 0.2) is 30.3 Å². The van der Waals surface area contributed by atoms with Gasteiger partial charge in [-0.1, -0.05) is 61.2 Å². The van der Waals surface area contributed by atoms with Crippen molar-refractivity contribution in [1.29, 1.82) is 0 Å². The summed E-state index contributed by atoms with van der Waals surface area (Å²) in [7, 11) is 0. The van der Waals surface area contributed by atoms with Crippen molar-refractivity contribution in [2.75, 3.05) is 13.1 Å². The normalized spacial score (nSPS) is 25.8. The summed E-state index contributed by atoms with van der Waals surface area (Å²) in [5, 5.41) is 0.253. The topological polar surface area (TPSA) is 3.24 Å². The van der Waals surface area contributed by atoms with Gasteiger partial charge in [-0.15, -0.1) is 23.2 Å². The smallest absolute Gasteiger partial charge is 0.136 e. The first-order chi connectivity index (χ1) is 10.5.